The van der Waals surface area contributed by atoms with Crippen LogP contribution in [-0.4, -0.2) is 29.5 Å². The number of para-hydroxylation sites is 1. The van der Waals surface area contributed by atoms with Gasteiger partial charge in [0.15, 0.2) is 4.73 Å². The van der Waals surface area contributed by atoms with E-state index in [0.29, 0.717) is 38.1 Å². The fourth-order valence-corrected chi connectivity index (χ4v) is 3.73. The van der Waals surface area contributed by atoms with Gasteiger partial charge in [0, 0.05) is 13.1 Å². The Bertz CT molecular complexity index is 928. The van der Waals surface area contributed by atoms with Crippen LogP contribution in [0.5, 0.6) is 11.8 Å². The molecule has 0 aliphatic carbocycles. The molecule has 0 saturated heterocycles. The maximum Gasteiger partial charge on any atom is 0.321 e. The molecule has 0 aliphatic heterocycles. The first-order chi connectivity index (χ1) is 13.7. The Hall–Kier alpha value is -0.970. The van der Waals surface area contributed by atoms with Crippen molar-refractivity contribution in [3.63, 3.8) is 0 Å². The summed E-state index contributed by atoms with van der Waals surface area (Å²) in [5.41, 5.74) is 0. The molecule has 0 saturated carbocycles. The number of hydrogen-bond acceptors (Lipinski definition) is 5. The molecule has 0 amide bonds. The van der Waals surface area contributed by atoms with Crippen LogP contribution in [0.15, 0.2) is 38.5 Å². The molecule has 2 aromatic heterocycles. The molecule has 0 unspecified atom stereocenters. The highest BCUT2D eigenvalue weighted by atomic mass is 79.9. The predicted octanol–water partition coefficient (Wildman–Crippen LogP) is 6.60. The number of halogens is 4. The first-order valence-electron chi connectivity index (χ1n) is 8.94. The maximum absolute atomic E-state index is 6.04. The normalized spacial score (nSPS) is 11.0. The fourth-order valence-electron chi connectivity index (χ4n) is 2.23. The molecule has 7 nitrogen and oxygen atoms in total. The fraction of sp³-hybridized carbons (Fsp3) is 0.444. The van der Waals surface area contributed by atoms with E-state index in [2.05, 4.69) is 95.7 Å². The molecule has 0 spiro atoms. The molecule has 29 heavy (non-hydrogen) atoms. The average Bonchev–Trinajstić information content (AvgIpc) is 3.10. The lowest BCUT2D eigenvalue weighted by atomic mass is 10.2. The van der Waals surface area contributed by atoms with Gasteiger partial charge < -0.3 is 4.74 Å². The van der Waals surface area contributed by atoms with Crippen LogP contribution in [0, 0.1) is 11.8 Å². The highest BCUT2D eigenvalue weighted by molar-refractivity contribution is 9.11. The summed E-state index contributed by atoms with van der Waals surface area (Å²) in [6.07, 6.45) is 0. The van der Waals surface area contributed by atoms with Gasteiger partial charge >= 0.3 is 6.01 Å². The Morgan fingerprint density at radius 1 is 0.897 bits per heavy atom. The second kappa shape index (κ2) is 11.4. The summed E-state index contributed by atoms with van der Waals surface area (Å²) in [7, 11) is 0. The van der Waals surface area contributed by atoms with Crippen molar-refractivity contribution < 1.29 is 4.74 Å². The molecule has 0 aliphatic rings. The van der Waals surface area contributed by atoms with Gasteiger partial charge in [-0.25, -0.2) is 9.36 Å². The van der Waals surface area contributed by atoms with Gasteiger partial charge in [-0.2, -0.15) is 9.97 Å². The van der Waals surface area contributed by atoms with Gasteiger partial charge in [0.1, 0.15) is 5.75 Å². The standard InChI is InChI=1S/C12H13BrClN3O.C6H9Br2N3/c1-8(2)7-17-12(15-11(13)16-17)18-10-6-4-3-5-9(10)14;1-4(2)3-11-6(8)9-5(7)10-11/h3-6,8H,7H2,1-2H3;4H,3H2,1-2H3. The third-order valence-corrected chi connectivity index (χ3v) is 4.90. The lowest BCUT2D eigenvalue weighted by molar-refractivity contribution is 0.371. The van der Waals surface area contributed by atoms with Crippen LogP contribution in [0.4, 0.5) is 0 Å². The molecule has 2 heterocycles. The number of benzene rings is 1. The minimum absolute atomic E-state index is 0.434. The maximum atomic E-state index is 6.04. The third kappa shape index (κ3) is 7.99. The zero-order chi connectivity index (χ0) is 21.6. The second-order valence-corrected chi connectivity index (χ2v) is 9.53. The molecule has 158 valence electrons. The van der Waals surface area contributed by atoms with Crippen molar-refractivity contribution in [1.29, 1.82) is 0 Å². The van der Waals surface area contributed by atoms with Crippen molar-refractivity contribution in [2.45, 2.75) is 40.8 Å². The van der Waals surface area contributed by atoms with Gasteiger partial charge in [-0.1, -0.05) is 51.4 Å². The summed E-state index contributed by atoms with van der Waals surface area (Å²) >= 11 is 15.8. The van der Waals surface area contributed by atoms with E-state index in [4.69, 9.17) is 16.3 Å². The molecule has 1 aromatic carbocycles. The summed E-state index contributed by atoms with van der Waals surface area (Å²) in [6.45, 7) is 10.1. The van der Waals surface area contributed by atoms with Crippen molar-refractivity contribution in [2.75, 3.05) is 0 Å². The lowest BCUT2D eigenvalue weighted by Gasteiger charge is -2.09. The van der Waals surface area contributed by atoms with Crippen LogP contribution in [-0.2, 0) is 13.1 Å². The van der Waals surface area contributed by atoms with Gasteiger partial charge in [0.05, 0.1) is 5.02 Å². The summed E-state index contributed by atoms with van der Waals surface area (Å²) in [6, 6.07) is 7.71. The number of hydrogen-bond donors (Lipinski definition) is 0. The van der Waals surface area contributed by atoms with E-state index >= 15 is 0 Å². The van der Waals surface area contributed by atoms with Crippen LogP contribution in [0.1, 0.15) is 27.7 Å². The Morgan fingerprint density at radius 2 is 1.45 bits per heavy atom. The molecular weight excluding hydrogens is 591 g/mol. The summed E-state index contributed by atoms with van der Waals surface area (Å²) in [5, 5.41) is 8.91. The smallest absolute Gasteiger partial charge is 0.321 e. The molecule has 0 fully saturated rings. The van der Waals surface area contributed by atoms with Crippen molar-refractivity contribution in [1.82, 2.24) is 29.5 Å². The highest BCUT2D eigenvalue weighted by Crippen LogP contribution is 2.28. The van der Waals surface area contributed by atoms with E-state index in [0.717, 1.165) is 17.8 Å². The Kier molecular flexibility index (Phi) is 9.58. The second-order valence-electron chi connectivity index (χ2n) is 7.00. The Balaban J connectivity index is 0.000000234. The average molecular weight is 614 g/mol. The molecule has 0 bridgehead atoms. The Morgan fingerprint density at radius 3 is 2.00 bits per heavy atom. The molecule has 3 aromatic rings. The van der Waals surface area contributed by atoms with Gasteiger partial charge in [-0.15, -0.1) is 10.2 Å². The number of ether oxygens (including phenoxy) is 1. The van der Waals surface area contributed by atoms with Gasteiger partial charge in [-0.05, 0) is 71.8 Å². The van der Waals surface area contributed by atoms with E-state index in [1.54, 1.807) is 16.8 Å². The molecule has 3 rings (SSSR count). The van der Waals surface area contributed by atoms with E-state index in [9.17, 15) is 0 Å². The molecular formula is C18H22Br3ClN6O. The first-order valence-corrected chi connectivity index (χ1v) is 11.7. The summed E-state index contributed by atoms with van der Waals surface area (Å²) in [5.74, 6) is 1.61. The van der Waals surface area contributed by atoms with Crippen molar-refractivity contribution in [3.05, 3.63) is 43.5 Å². The van der Waals surface area contributed by atoms with Gasteiger partial charge in [0.25, 0.3) is 0 Å². The SMILES string of the molecule is CC(C)Cn1nc(Br)nc1Br.CC(C)Cn1nc(Br)nc1Oc1ccccc1Cl. The summed E-state index contributed by atoms with van der Waals surface area (Å²) < 4.78 is 11.1. The summed E-state index contributed by atoms with van der Waals surface area (Å²) in [4.78, 5) is 8.24. The molecule has 0 radical (unpaired) electrons. The number of rotatable bonds is 6. The van der Waals surface area contributed by atoms with Crippen LogP contribution >= 0.6 is 59.4 Å². The number of nitrogens with zero attached hydrogens (tertiary/aromatic N) is 6. The van der Waals surface area contributed by atoms with E-state index in [1.165, 1.54) is 0 Å². The van der Waals surface area contributed by atoms with Crippen LogP contribution in [0.25, 0.3) is 0 Å². The van der Waals surface area contributed by atoms with Gasteiger partial charge in [0.2, 0.25) is 9.47 Å². The molecule has 0 N–H and O–H groups in total. The van der Waals surface area contributed by atoms with Gasteiger partial charge in [-0.3, -0.25) is 0 Å². The topological polar surface area (TPSA) is 70.7 Å². The predicted molar refractivity (Wildman–Crippen MR) is 124 cm³/mol. The van der Waals surface area contributed by atoms with E-state index in [-0.39, 0.29) is 0 Å². The molecule has 11 heteroatoms. The monoisotopic (exact) mass is 610 g/mol. The van der Waals surface area contributed by atoms with E-state index < -0.39 is 0 Å². The zero-order valence-electron chi connectivity index (χ0n) is 16.5. The minimum Gasteiger partial charge on any atom is -0.423 e. The van der Waals surface area contributed by atoms with Crippen molar-refractivity contribution >= 4 is 59.4 Å². The zero-order valence-corrected chi connectivity index (χ0v) is 22.0. The Labute approximate surface area is 200 Å². The minimum atomic E-state index is 0.434. The number of aromatic nitrogens is 6. The van der Waals surface area contributed by atoms with Crippen LogP contribution in [0.3, 0.4) is 0 Å². The van der Waals surface area contributed by atoms with E-state index in [1.807, 2.05) is 16.8 Å². The van der Waals surface area contributed by atoms with Crippen LogP contribution < -0.4 is 4.74 Å². The third-order valence-electron chi connectivity index (χ3n) is 3.33. The molecule has 0 atom stereocenters. The van der Waals surface area contributed by atoms with Crippen LogP contribution in [0.2, 0.25) is 5.02 Å². The quantitative estimate of drug-likeness (QED) is 0.313. The lowest BCUT2D eigenvalue weighted by Crippen LogP contribution is -2.07. The van der Waals surface area contributed by atoms with Crippen molar-refractivity contribution in [2.24, 2.45) is 11.8 Å². The first kappa shape index (κ1) is 24.3. The highest BCUT2D eigenvalue weighted by Gasteiger charge is 2.13. The van der Waals surface area contributed by atoms with Crippen molar-refractivity contribution in [3.8, 4) is 11.8 Å². The largest absolute Gasteiger partial charge is 0.423 e.